The quantitative estimate of drug-likeness (QED) is 0.795. The first-order chi connectivity index (χ1) is 6.70. The molecule has 74 valence electrons. The molecule has 0 amide bonds. The van der Waals surface area contributed by atoms with Crippen LogP contribution >= 0.6 is 0 Å². The van der Waals surface area contributed by atoms with Gasteiger partial charge in [0.05, 0.1) is 5.41 Å². The second-order valence-corrected chi connectivity index (χ2v) is 3.98. The summed E-state index contributed by atoms with van der Waals surface area (Å²) in [6, 6.07) is 9.93. The molecule has 0 radical (unpaired) electrons. The predicted molar refractivity (Wildman–Crippen MR) is 54.2 cm³/mol. The highest BCUT2D eigenvalue weighted by atomic mass is 16.4. The molecule has 2 heteroatoms. The van der Waals surface area contributed by atoms with Crippen molar-refractivity contribution in [3.8, 4) is 0 Å². The maximum Gasteiger partial charge on any atom is 0.310 e. The Bertz CT molecular complexity index is 345. The largest absolute Gasteiger partial charge is 0.481 e. The van der Waals surface area contributed by atoms with E-state index in [0.717, 1.165) is 18.4 Å². The second-order valence-electron chi connectivity index (χ2n) is 3.98. The second kappa shape index (κ2) is 3.12. The number of hydrogen-bond acceptors (Lipinski definition) is 1. The number of benzene rings is 1. The van der Waals surface area contributed by atoms with Crippen LogP contribution in [0.3, 0.4) is 0 Å². The van der Waals surface area contributed by atoms with Gasteiger partial charge in [0.2, 0.25) is 0 Å². The van der Waals surface area contributed by atoms with Crippen LogP contribution in [0.15, 0.2) is 30.3 Å². The molecular formula is C12H14O2. The molecule has 0 saturated heterocycles. The van der Waals surface area contributed by atoms with Gasteiger partial charge < -0.3 is 5.11 Å². The van der Waals surface area contributed by atoms with E-state index in [1.807, 2.05) is 37.3 Å². The Morgan fingerprint density at radius 1 is 1.50 bits per heavy atom. The van der Waals surface area contributed by atoms with Crippen molar-refractivity contribution < 1.29 is 9.90 Å². The fourth-order valence-electron chi connectivity index (χ4n) is 2.21. The summed E-state index contributed by atoms with van der Waals surface area (Å²) in [6.45, 7) is 1.96. The SMILES string of the molecule is CC[C@@]1(C(=O)O)C[C@H]1c1ccccc1. The zero-order valence-electron chi connectivity index (χ0n) is 8.23. The van der Waals surface area contributed by atoms with Gasteiger partial charge >= 0.3 is 5.97 Å². The molecule has 0 spiro atoms. The summed E-state index contributed by atoms with van der Waals surface area (Å²) >= 11 is 0. The minimum Gasteiger partial charge on any atom is -0.481 e. The normalized spacial score (nSPS) is 29.9. The molecule has 1 aliphatic rings. The first kappa shape index (κ1) is 9.25. The summed E-state index contributed by atoms with van der Waals surface area (Å²) < 4.78 is 0. The van der Waals surface area contributed by atoms with Crippen molar-refractivity contribution >= 4 is 5.97 Å². The number of carboxylic acid groups (broad SMARTS) is 1. The van der Waals surface area contributed by atoms with Crippen LogP contribution in [0, 0.1) is 5.41 Å². The number of aliphatic carboxylic acids is 1. The lowest BCUT2D eigenvalue weighted by Gasteiger charge is -2.08. The average molecular weight is 190 g/mol. The van der Waals surface area contributed by atoms with Crippen molar-refractivity contribution in [2.75, 3.05) is 0 Å². The minimum atomic E-state index is -0.645. The topological polar surface area (TPSA) is 37.3 Å². The summed E-state index contributed by atoms with van der Waals surface area (Å²) in [5.41, 5.74) is 0.693. The predicted octanol–water partition coefficient (Wildman–Crippen LogP) is 2.65. The van der Waals surface area contributed by atoms with Gasteiger partial charge in [-0.05, 0) is 18.4 Å². The zero-order valence-corrected chi connectivity index (χ0v) is 8.23. The van der Waals surface area contributed by atoms with Crippen LogP contribution in [-0.4, -0.2) is 11.1 Å². The van der Waals surface area contributed by atoms with Crippen molar-refractivity contribution in [2.24, 2.45) is 5.41 Å². The van der Waals surface area contributed by atoms with Crippen molar-refractivity contribution in [3.05, 3.63) is 35.9 Å². The molecule has 1 fully saturated rings. The van der Waals surface area contributed by atoms with Gasteiger partial charge in [-0.2, -0.15) is 0 Å². The van der Waals surface area contributed by atoms with Gasteiger partial charge in [-0.3, -0.25) is 4.79 Å². The molecule has 0 aromatic heterocycles. The van der Waals surface area contributed by atoms with E-state index in [4.69, 9.17) is 5.11 Å². The number of carboxylic acids is 1. The zero-order chi connectivity index (χ0) is 10.2. The van der Waals surface area contributed by atoms with Gasteiger partial charge in [0, 0.05) is 5.92 Å². The van der Waals surface area contributed by atoms with Crippen molar-refractivity contribution in [1.82, 2.24) is 0 Å². The molecule has 2 atom stereocenters. The van der Waals surface area contributed by atoms with Gasteiger partial charge in [-0.25, -0.2) is 0 Å². The Morgan fingerprint density at radius 2 is 2.14 bits per heavy atom. The fourth-order valence-corrected chi connectivity index (χ4v) is 2.21. The third kappa shape index (κ3) is 1.22. The molecule has 1 N–H and O–H groups in total. The number of rotatable bonds is 3. The van der Waals surface area contributed by atoms with E-state index in [9.17, 15) is 4.79 Å². The highest BCUT2D eigenvalue weighted by molar-refractivity contribution is 5.80. The lowest BCUT2D eigenvalue weighted by atomic mass is 9.96. The molecule has 14 heavy (non-hydrogen) atoms. The first-order valence-corrected chi connectivity index (χ1v) is 4.99. The maximum absolute atomic E-state index is 11.1. The number of carbonyl (C=O) groups is 1. The minimum absolute atomic E-state index is 0.228. The maximum atomic E-state index is 11.1. The van der Waals surface area contributed by atoms with Crippen molar-refractivity contribution in [2.45, 2.75) is 25.7 Å². The Labute approximate surface area is 83.6 Å². The highest BCUT2D eigenvalue weighted by Gasteiger charge is 2.59. The van der Waals surface area contributed by atoms with Crippen LogP contribution in [0.1, 0.15) is 31.2 Å². The summed E-state index contributed by atoms with van der Waals surface area (Å²) in [4.78, 5) is 11.1. The average Bonchev–Trinajstić information content (AvgIpc) is 2.95. The van der Waals surface area contributed by atoms with E-state index in [2.05, 4.69) is 0 Å². The lowest BCUT2D eigenvalue weighted by Crippen LogP contribution is -2.15. The van der Waals surface area contributed by atoms with E-state index in [1.165, 1.54) is 0 Å². The van der Waals surface area contributed by atoms with E-state index >= 15 is 0 Å². The molecule has 2 rings (SSSR count). The molecule has 1 aromatic carbocycles. The summed E-state index contributed by atoms with van der Waals surface area (Å²) in [7, 11) is 0. The van der Waals surface area contributed by atoms with Crippen LogP contribution in [0.2, 0.25) is 0 Å². The smallest absolute Gasteiger partial charge is 0.310 e. The van der Waals surface area contributed by atoms with Crippen LogP contribution in [-0.2, 0) is 4.79 Å². The summed E-state index contributed by atoms with van der Waals surface area (Å²) in [6.07, 6.45) is 1.52. The van der Waals surface area contributed by atoms with Gasteiger partial charge in [-0.1, -0.05) is 37.3 Å². The molecule has 0 unspecified atom stereocenters. The summed E-state index contributed by atoms with van der Waals surface area (Å²) in [5, 5.41) is 9.14. The van der Waals surface area contributed by atoms with Gasteiger partial charge in [0.25, 0.3) is 0 Å². The standard InChI is InChI=1S/C12H14O2/c1-2-12(11(13)14)8-10(12)9-6-4-3-5-7-9/h3-7,10H,2,8H2,1H3,(H,13,14)/t10-,12+/m0/s1. The van der Waals surface area contributed by atoms with E-state index in [0.29, 0.717) is 0 Å². The molecule has 1 aromatic rings. The molecule has 0 aliphatic heterocycles. The summed E-state index contributed by atoms with van der Waals surface area (Å²) in [5.74, 6) is -0.417. The lowest BCUT2D eigenvalue weighted by molar-refractivity contribution is -0.143. The molecule has 2 nitrogen and oxygen atoms in total. The monoisotopic (exact) mass is 190 g/mol. The third-order valence-corrected chi connectivity index (χ3v) is 3.33. The Balaban J connectivity index is 2.22. The Hall–Kier alpha value is -1.31. The highest BCUT2D eigenvalue weighted by Crippen LogP contribution is 2.61. The van der Waals surface area contributed by atoms with Gasteiger partial charge in [0.1, 0.15) is 0 Å². The van der Waals surface area contributed by atoms with Crippen LogP contribution in [0.5, 0.6) is 0 Å². The van der Waals surface area contributed by atoms with E-state index in [1.54, 1.807) is 0 Å². The Kier molecular flexibility index (Phi) is 2.06. The Morgan fingerprint density at radius 3 is 2.57 bits per heavy atom. The van der Waals surface area contributed by atoms with Crippen LogP contribution in [0.4, 0.5) is 0 Å². The first-order valence-electron chi connectivity index (χ1n) is 4.99. The third-order valence-electron chi connectivity index (χ3n) is 3.33. The fraction of sp³-hybridized carbons (Fsp3) is 0.417. The molecule has 0 bridgehead atoms. The van der Waals surface area contributed by atoms with Gasteiger partial charge in [0.15, 0.2) is 0 Å². The molecule has 1 saturated carbocycles. The van der Waals surface area contributed by atoms with Gasteiger partial charge in [-0.15, -0.1) is 0 Å². The molecule has 1 aliphatic carbocycles. The van der Waals surface area contributed by atoms with Crippen LogP contribution in [0.25, 0.3) is 0 Å². The van der Waals surface area contributed by atoms with E-state index < -0.39 is 11.4 Å². The number of hydrogen-bond donors (Lipinski definition) is 1. The van der Waals surface area contributed by atoms with Crippen molar-refractivity contribution in [1.29, 1.82) is 0 Å². The molecular weight excluding hydrogens is 176 g/mol. The van der Waals surface area contributed by atoms with E-state index in [-0.39, 0.29) is 5.92 Å². The molecule has 0 heterocycles. The van der Waals surface area contributed by atoms with Crippen LogP contribution < -0.4 is 0 Å². The van der Waals surface area contributed by atoms with Crippen molar-refractivity contribution in [3.63, 3.8) is 0 Å².